The smallest absolute Gasteiger partial charge is 0.339 e. The molecule has 98 valence electrons. The summed E-state index contributed by atoms with van der Waals surface area (Å²) in [6.07, 6.45) is 3.32. The molecule has 1 aromatic carbocycles. The third kappa shape index (κ3) is 2.14. The van der Waals surface area contributed by atoms with E-state index in [-0.39, 0.29) is 5.56 Å². The summed E-state index contributed by atoms with van der Waals surface area (Å²) in [5.74, 6) is -0.522. The van der Waals surface area contributed by atoms with Crippen LogP contribution in [0, 0.1) is 0 Å². The molecule has 1 N–H and O–H groups in total. The monoisotopic (exact) mass is 259 g/mol. The molecule has 19 heavy (non-hydrogen) atoms. The first-order valence-electron chi connectivity index (χ1n) is 6.01. The summed E-state index contributed by atoms with van der Waals surface area (Å²) in [7, 11) is 0. The molecule has 0 unspecified atom stereocenters. The Kier molecular flexibility index (Phi) is 2.87. The highest BCUT2D eigenvalue weighted by Gasteiger charge is 2.23. The normalized spacial score (nSPS) is 13.8. The highest BCUT2D eigenvalue weighted by molar-refractivity contribution is 5.93. The van der Waals surface area contributed by atoms with Crippen LogP contribution in [0.25, 0.3) is 0 Å². The average molecular weight is 259 g/mol. The molecule has 0 amide bonds. The summed E-state index contributed by atoms with van der Waals surface area (Å²) in [5.41, 5.74) is 2.07. The Morgan fingerprint density at radius 2 is 2.26 bits per heavy atom. The standard InChI is InChI=1S/C14H13NO4/c16-14(17)11-2-1-3-12-13(11)19-7-5-15(12)8-10-4-6-18-9-10/h1-4,6,9H,5,7-8H2,(H,16,17). The first-order chi connectivity index (χ1) is 9.25. The molecule has 5 nitrogen and oxygen atoms in total. The molecule has 5 heteroatoms. The maximum absolute atomic E-state index is 11.2. The number of carboxylic acids is 1. The minimum atomic E-state index is -0.970. The van der Waals surface area contributed by atoms with Gasteiger partial charge in [-0.05, 0) is 18.2 Å². The molecule has 0 bridgehead atoms. The van der Waals surface area contributed by atoms with Gasteiger partial charge in [0.15, 0.2) is 5.75 Å². The Bertz CT molecular complexity index is 591. The van der Waals surface area contributed by atoms with Crippen molar-refractivity contribution in [3.05, 3.63) is 47.9 Å². The fourth-order valence-electron chi connectivity index (χ4n) is 2.24. The van der Waals surface area contributed by atoms with Crippen LogP contribution in [0.4, 0.5) is 5.69 Å². The predicted octanol–water partition coefficient (Wildman–Crippen LogP) is 2.38. The summed E-state index contributed by atoms with van der Waals surface area (Å²) in [6, 6.07) is 7.07. The molecular formula is C14H13NO4. The number of hydrogen-bond donors (Lipinski definition) is 1. The molecule has 1 aliphatic rings. The highest BCUT2D eigenvalue weighted by atomic mass is 16.5. The Labute approximate surface area is 110 Å². The second-order valence-electron chi connectivity index (χ2n) is 4.36. The number of para-hydroxylation sites is 1. The van der Waals surface area contributed by atoms with Gasteiger partial charge in [-0.15, -0.1) is 0 Å². The van der Waals surface area contributed by atoms with E-state index in [4.69, 9.17) is 9.15 Å². The number of anilines is 1. The SMILES string of the molecule is O=C(O)c1cccc2c1OCCN2Cc1ccoc1. The van der Waals surface area contributed by atoms with Gasteiger partial charge >= 0.3 is 5.97 Å². The molecule has 2 heterocycles. The fourth-order valence-corrected chi connectivity index (χ4v) is 2.24. The van der Waals surface area contributed by atoms with Gasteiger partial charge in [0.25, 0.3) is 0 Å². The number of benzene rings is 1. The molecule has 0 fully saturated rings. The molecule has 0 spiro atoms. The first kappa shape index (κ1) is 11.6. The van der Waals surface area contributed by atoms with E-state index in [1.807, 2.05) is 12.1 Å². The van der Waals surface area contributed by atoms with Crippen LogP contribution in [0.2, 0.25) is 0 Å². The molecule has 0 aliphatic carbocycles. The third-order valence-electron chi connectivity index (χ3n) is 3.13. The maximum Gasteiger partial charge on any atom is 0.339 e. The van der Waals surface area contributed by atoms with Gasteiger partial charge in [-0.25, -0.2) is 4.79 Å². The van der Waals surface area contributed by atoms with Crippen molar-refractivity contribution in [1.82, 2.24) is 0 Å². The zero-order valence-electron chi connectivity index (χ0n) is 10.2. The Morgan fingerprint density at radius 3 is 3.00 bits per heavy atom. The fraction of sp³-hybridized carbons (Fsp3) is 0.214. The van der Waals surface area contributed by atoms with Crippen molar-refractivity contribution in [2.24, 2.45) is 0 Å². The zero-order chi connectivity index (χ0) is 13.2. The van der Waals surface area contributed by atoms with Crippen LogP contribution in [-0.4, -0.2) is 24.2 Å². The number of nitrogens with zero attached hydrogens (tertiary/aromatic N) is 1. The topological polar surface area (TPSA) is 62.9 Å². The minimum Gasteiger partial charge on any atom is -0.489 e. The molecule has 2 aromatic rings. The highest BCUT2D eigenvalue weighted by Crippen LogP contribution is 2.35. The molecule has 1 aliphatic heterocycles. The lowest BCUT2D eigenvalue weighted by atomic mass is 10.1. The average Bonchev–Trinajstić information content (AvgIpc) is 2.91. The quantitative estimate of drug-likeness (QED) is 0.916. The third-order valence-corrected chi connectivity index (χ3v) is 3.13. The maximum atomic E-state index is 11.2. The minimum absolute atomic E-state index is 0.203. The molecular weight excluding hydrogens is 246 g/mol. The van der Waals surface area contributed by atoms with Crippen LogP contribution in [0.1, 0.15) is 15.9 Å². The molecule has 1 aromatic heterocycles. The molecule has 0 saturated heterocycles. The number of hydrogen-bond acceptors (Lipinski definition) is 4. The van der Waals surface area contributed by atoms with E-state index in [1.54, 1.807) is 24.7 Å². The summed E-state index contributed by atoms with van der Waals surface area (Å²) in [4.78, 5) is 13.3. The van der Waals surface area contributed by atoms with E-state index in [1.165, 1.54) is 0 Å². The molecule has 0 atom stereocenters. The van der Waals surface area contributed by atoms with Gasteiger partial charge in [0.2, 0.25) is 0 Å². The number of carboxylic acid groups (broad SMARTS) is 1. The van der Waals surface area contributed by atoms with Gasteiger partial charge in [-0.2, -0.15) is 0 Å². The number of rotatable bonds is 3. The Morgan fingerprint density at radius 1 is 1.37 bits per heavy atom. The van der Waals surface area contributed by atoms with E-state index in [0.717, 1.165) is 17.8 Å². The van der Waals surface area contributed by atoms with E-state index in [2.05, 4.69) is 4.90 Å². The Balaban J connectivity index is 1.96. The van der Waals surface area contributed by atoms with Gasteiger partial charge < -0.3 is 19.2 Å². The van der Waals surface area contributed by atoms with Crippen LogP contribution >= 0.6 is 0 Å². The zero-order valence-corrected chi connectivity index (χ0v) is 10.2. The van der Waals surface area contributed by atoms with Crippen molar-refractivity contribution in [3.63, 3.8) is 0 Å². The summed E-state index contributed by atoms with van der Waals surface area (Å²) in [6.45, 7) is 1.88. The number of furan rings is 1. The van der Waals surface area contributed by atoms with E-state index < -0.39 is 5.97 Å². The van der Waals surface area contributed by atoms with Crippen molar-refractivity contribution in [2.75, 3.05) is 18.1 Å². The molecule has 0 saturated carbocycles. The van der Waals surface area contributed by atoms with Gasteiger partial charge in [-0.3, -0.25) is 0 Å². The van der Waals surface area contributed by atoms with Crippen molar-refractivity contribution >= 4 is 11.7 Å². The number of ether oxygens (including phenoxy) is 1. The lowest BCUT2D eigenvalue weighted by Crippen LogP contribution is -2.32. The van der Waals surface area contributed by atoms with Gasteiger partial charge in [-0.1, -0.05) is 6.07 Å². The summed E-state index contributed by atoms with van der Waals surface area (Å²) < 4.78 is 10.6. The van der Waals surface area contributed by atoms with Crippen LogP contribution in [-0.2, 0) is 6.54 Å². The van der Waals surface area contributed by atoms with Crippen molar-refractivity contribution in [2.45, 2.75) is 6.54 Å². The van der Waals surface area contributed by atoms with E-state index >= 15 is 0 Å². The first-order valence-corrected chi connectivity index (χ1v) is 6.01. The van der Waals surface area contributed by atoms with E-state index in [9.17, 15) is 9.90 Å². The largest absolute Gasteiger partial charge is 0.489 e. The second kappa shape index (κ2) is 4.68. The van der Waals surface area contributed by atoms with Crippen LogP contribution in [0.3, 0.4) is 0 Å². The summed E-state index contributed by atoms with van der Waals surface area (Å²) in [5, 5.41) is 9.17. The van der Waals surface area contributed by atoms with E-state index in [0.29, 0.717) is 18.9 Å². The number of fused-ring (bicyclic) bond motifs is 1. The van der Waals surface area contributed by atoms with Gasteiger partial charge in [0.05, 0.1) is 24.8 Å². The lowest BCUT2D eigenvalue weighted by Gasteiger charge is -2.31. The van der Waals surface area contributed by atoms with Crippen LogP contribution in [0.15, 0.2) is 41.2 Å². The number of aromatic carboxylic acids is 1. The second-order valence-corrected chi connectivity index (χ2v) is 4.36. The summed E-state index contributed by atoms with van der Waals surface area (Å²) >= 11 is 0. The van der Waals surface area contributed by atoms with Gasteiger partial charge in [0.1, 0.15) is 12.2 Å². The van der Waals surface area contributed by atoms with Crippen molar-refractivity contribution in [3.8, 4) is 5.75 Å². The molecule has 0 radical (unpaired) electrons. The van der Waals surface area contributed by atoms with Crippen molar-refractivity contribution < 1.29 is 19.1 Å². The molecule has 3 rings (SSSR count). The Hall–Kier alpha value is -2.43. The van der Waals surface area contributed by atoms with Crippen molar-refractivity contribution in [1.29, 1.82) is 0 Å². The number of carbonyl (C=O) groups is 1. The lowest BCUT2D eigenvalue weighted by molar-refractivity contribution is 0.0692. The predicted molar refractivity (Wildman–Crippen MR) is 68.7 cm³/mol. The van der Waals surface area contributed by atoms with Gasteiger partial charge in [0, 0.05) is 12.1 Å². The van der Waals surface area contributed by atoms with Crippen LogP contribution < -0.4 is 9.64 Å². The van der Waals surface area contributed by atoms with Crippen LogP contribution in [0.5, 0.6) is 5.75 Å².